The summed E-state index contributed by atoms with van der Waals surface area (Å²) >= 11 is 0. The van der Waals surface area contributed by atoms with Crippen molar-refractivity contribution in [3.8, 4) is 0 Å². The quantitative estimate of drug-likeness (QED) is 0.559. The third kappa shape index (κ3) is 236. The van der Waals surface area contributed by atoms with Crippen LogP contribution in [0.5, 0.6) is 0 Å². The first-order valence-electron chi connectivity index (χ1n) is 3.02. The summed E-state index contributed by atoms with van der Waals surface area (Å²) in [6, 6.07) is 0. The average Bonchev–Trinajstić information content (AvgIpc) is 1.75. The molecule has 0 aromatic rings. The second kappa shape index (κ2) is 72.0. The molecule has 1 radical (unpaired) electrons. The van der Waals surface area contributed by atoms with Crippen LogP contribution < -0.4 is 0 Å². The summed E-state index contributed by atoms with van der Waals surface area (Å²) in [6.45, 7) is 13.0. The molecule has 0 aromatic heterocycles. The van der Waals surface area contributed by atoms with Crippen molar-refractivity contribution in [2.75, 3.05) is 0 Å². The summed E-state index contributed by atoms with van der Waals surface area (Å²) in [6.07, 6.45) is 4.00. The summed E-state index contributed by atoms with van der Waals surface area (Å²) < 4.78 is 0. The summed E-state index contributed by atoms with van der Waals surface area (Å²) in [5.74, 6) is 0. The van der Waals surface area contributed by atoms with Crippen LogP contribution in [0.25, 0.3) is 0 Å². The molecule has 2 heteroatoms. The Bertz CT molecular complexity index is 11.2. The third-order valence-corrected chi connectivity index (χ3v) is 0. The van der Waals surface area contributed by atoms with Crippen LogP contribution in [0, 0.1) is 19.8 Å². The topological polar surface area (TPSA) is 0 Å². The van der Waals surface area contributed by atoms with Gasteiger partial charge in [-0.05, 0) is 0 Å². The Hall–Kier alpha value is 1.79. The van der Waals surface area contributed by atoms with E-state index in [-0.39, 0.29) is 53.8 Å². The normalized spacial score (nSPS) is 4.20. The summed E-state index contributed by atoms with van der Waals surface area (Å²) in [5.41, 5.74) is 0. The van der Waals surface area contributed by atoms with Gasteiger partial charge in [0.25, 0.3) is 0 Å². The fourth-order valence-electron chi connectivity index (χ4n) is 0. The van der Waals surface area contributed by atoms with Crippen LogP contribution in [-0.4, -0.2) is 0 Å². The van der Waals surface area contributed by atoms with Gasteiger partial charge in [0.15, 0.2) is 0 Å². The summed E-state index contributed by atoms with van der Waals surface area (Å²) in [4.78, 5) is 0. The minimum atomic E-state index is 0. The Labute approximate surface area is 107 Å². The smallest absolute Gasteiger partial charge is 0 e. The standard InChI is InChI=1S/2C3H7.C2H5.W.Y/c2*1-3-2;1-2;;/h2*3H,1-2H3;1H2,2H3;;/q3*-1;;. The fourth-order valence-corrected chi connectivity index (χ4v) is 0. The Balaban J connectivity index is -0.0000000116. The van der Waals surface area contributed by atoms with E-state index in [1.54, 1.807) is 6.92 Å². The zero-order chi connectivity index (χ0) is 7.41. The zero-order valence-electron chi connectivity index (χ0n) is 7.85. The van der Waals surface area contributed by atoms with Gasteiger partial charge in [-0.1, -0.05) is 0 Å². The molecule has 0 aliphatic rings. The third-order valence-electron chi connectivity index (χ3n) is 0. The molecule has 0 spiro atoms. The van der Waals surface area contributed by atoms with E-state index in [0.29, 0.717) is 0 Å². The van der Waals surface area contributed by atoms with Gasteiger partial charge in [-0.2, -0.15) is 34.6 Å². The van der Waals surface area contributed by atoms with E-state index in [1.807, 2.05) is 40.5 Å². The van der Waals surface area contributed by atoms with Crippen LogP contribution >= 0.6 is 0 Å². The van der Waals surface area contributed by atoms with Crippen molar-refractivity contribution < 1.29 is 53.8 Å². The first kappa shape index (κ1) is 29.8. The van der Waals surface area contributed by atoms with Gasteiger partial charge < -0.3 is 19.8 Å². The van der Waals surface area contributed by atoms with Crippen molar-refractivity contribution in [3.05, 3.63) is 19.8 Å². The van der Waals surface area contributed by atoms with E-state index in [9.17, 15) is 0 Å². The first-order chi connectivity index (χ1) is 3.83. The van der Waals surface area contributed by atoms with Crippen LogP contribution in [0.4, 0.5) is 0 Å². The van der Waals surface area contributed by atoms with Gasteiger partial charge in [0.1, 0.15) is 0 Å². The molecular weight excluding hydrogens is 369 g/mol. The van der Waals surface area contributed by atoms with Crippen LogP contribution in [-0.2, 0) is 53.8 Å². The minimum Gasteiger partial charge on any atom is -0.346 e. The van der Waals surface area contributed by atoms with E-state index in [1.165, 1.54) is 0 Å². The molecule has 63 valence electrons. The van der Waals surface area contributed by atoms with Crippen LogP contribution in [0.1, 0.15) is 34.6 Å². The molecule has 0 aliphatic heterocycles. The molecule has 0 heterocycles. The fraction of sp³-hybridized carbons (Fsp3) is 0.625. The Morgan fingerprint density at radius 1 is 0.800 bits per heavy atom. The van der Waals surface area contributed by atoms with Gasteiger partial charge in [-0.15, -0.1) is 0 Å². The van der Waals surface area contributed by atoms with Gasteiger partial charge in [-0.3, -0.25) is 0 Å². The van der Waals surface area contributed by atoms with Gasteiger partial charge >= 0.3 is 0 Å². The van der Waals surface area contributed by atoms with Crippen molar-refractivity contribution >= 4 is 0 Å². The molecular formula is C8H19WY-3. The van der Waals surface area contributed by atoms with Gasteiger partial charge in [0.2, 0.25) is 0 Å². The predicted molar refractivity (Wildman–Crippen MR) is 42.3 cm³/mol. The number of rotatable bonds is 0. The average molecular weight is 388 g/mol. The molecule has 0 rings (SSSR count). The molecule has 0 aliphatic carbocycles. The molecule has 0 unspecified atom stereocenters. The van der Waals surface area contributed by atoms with Crippen LogP contribution in [0.2, 0.25) is 0 Å². The maximum atomic E-state index is 3.25. The predicted octanol–water partition coefficient (Wildman–Crippen LogP) is 3.30. The monoisotopic (exact) mass is 388 g/mol. The van der Waals surface area contributed by atoms with Crippen molar-refractivity contribution in [1.82, 2.24) is 0 Å². The second-order valence-electron chi connectivity index (χ2n) is 1.15. The number of hydrogen-bond donors (Lipinski definition) is 0. The number of hydrogen-bond acceptors (Lipinski definition) is 0. The van der Waals surface area contributed by atoms with Crippen molar-refractivity contribution in [2.24, 2.45) is 0 Å². The van der Waals surface area contributed by atoms with Gasteiger partial charge in [-0.25, -0.2) is 0 Å². The SMILES string of the molecule is C[CH-]C.C[CH-]C.[CH2-]C.[W].[Y]. The van der Waals surface area contributed by atoms with Crippen molar-refractivity contribution in [1.29, 1.82) is 0 Å². The molecule has 0 saturated heterocycles. The largest absolute Gasteiger partial charge is 0.346 e. The first-order valence-corrected chi connectivity index (χ1v) is 3.02. The van der Waals surface area contributed by atoms with Gasteiger partial charge in [0.05, 0.1) is 0 Å². The second-order valence-corrected chi connectivity index (χ2v) is 1.15. The molecule has 0 aromatic carbocycles. The molecule has 10 heavy (non-hydrogen) atoms. The van der Waals surface area contributed by atoms with E-state index >= 15 is 0 Å². The summed E-state index contributed by atoms with van der Waals surface area (Å²) in [5, 5.41) is 0. The Morgan fingerprint density at radius 2 is 0.800 bits per heavy atom. The van der Waals surface area contributed by atoms with E-state index in [2.05, 4.69) is 6.92 Å². The Morgan fingerprint density at radius 3 is 0.800 bits per heavy atom. The molecule has 0 N–H and O–H groups in total. The minimum absolute atomic E-state index is 0. The van der Waals surface area contributed by atoms with Crippen LogP contribution in [0.3, 0.4) is 0 Å². The summed E-state index contributed by atoms with van der Waals surface area (Å²) in [7, 11) is 0. The molecule has 0 atom stereocenters. The molecule has 0 nitrogen and oxygen atoms in total. The van der Waals surface area contributed by atoms with E-state index < -0.39 is 0 Å². The molecule has 0 fully saturated rings. The molecule has 0 saturated carbocycles. The maximum absolute atomic E-state index is 3.25. The van der Waals surface area contributed by atoms with Gasteiger partial charge in [0, 0.05) is 53.8 Å². The van der Waals surface area contributed by atoms with E-state index in [4.69, 9.17) is 0 Å². The Kier molecular flexibility index (Phi) is 214. The molecule has 0 amide bonds. The zero-order valence-corrected chi connectivity index (χ0v) is 13.6. The van der Waals surface area contributed by atoms with E-state index in [0.717, 1.165) is 0 Å². The van der Waals surface area contributed by atoms with Crippen LogP contribution in [0.15, 0.2) is 0 Å². The maximum Gasteiger partial charge on any atom is 0 e. The van der Waals surface area contributed by atoms with Crippen molar-refractivity contribution in [3.63, 3.8) is 0 Å². The molecule has 0 bridgehead atoms. The van der Waals surface area contributed by atoms with Crippen molar-refractivity contribution in [2.45, 2.75) is 34.6 Å².